The summed E-state index contributed by atoms with van der Waals surface area (Å²) >= 11 is 0. The number of fused-ring (bicyclic) bond motifs is 1. The lowest BCUT2D eigenvalue weighted by Gasteiger charge is -2.09. The van der Waals surface area contributed by atoms with Crippen molar-refractivity contribution in [2.45, 2.75) is 6.54 Å². The van der Waals surface area contributed by atoms with Crippen molar-refractivity contribution < 1.29 is 13.9 Å². The van der Waals surface area contributed by atoms with Crippen LogP contribution in [0.5, 0.6) is 5.88 Å². The number of hydrogen-bond donors (Lipinski definition) is 1. The molecule has 0 aliphatic heterocycles. The number of aromatic nitrogens is 2. The smallest absolute Gasteiger partial charge is 0.275 e. The van der Waals surface area contributed by atoms with E-state index in [4.69, 9.17) is 4.74 Å². The van der Waals surface area contributed by atoms with Gasteiger partial charge in [-0.05, 0) is 29.8 Å². The Morgan fingerprint density at radius 2 is 1.74 bits per heavy atom. The lowest BCUT2D eigenvalue weighted by molar-refractivity contribution is 0.0942. The lowest BCUT2D eigenvalue weighted by atomic mass is 10.2. The molecule has 0 aliphatic rings. The van der Waals surface area contributed by atoms with Crippen molar-refractivity contribution in [1.82, 2.24) is 15.3 Å². The van der Waals surface area contributed by atoms with Crippen LogP contribution in [0.4, 0.5) is 4.39 Å². The van der Waals surface area contributed by atoms with Gasteiger partial charge in [-0.1, -0.05) is 24.3 Å². The first kappa shape index (κ1) is 14.9. The number of carbonyl (C=O) groups excluding carboxylic acids is 1. The van der Waals surface area contributed by atoms with Gasteiger partial charge in [0.2, 0.25) is 5.88 Å². The van der Waals surface area contributed by atoms with Crippen molar-refractivity contribution in [2.24, 2.45) is 0 Å². The molecular formula is C17H14FN3O2. The van der Waals surface area contributed by atoms with Gasteiger partial charge in [-0.3, -0.25) is 4.79 Å². The van der Waals surface area contributed by atoms with E-state index in [0.717, 1.165) is 5.56 Å². The molecule has 0 bridgehead atoms. The zero-order valence-electron chi connectivity index (χ0n) is 12.4. The van der Waals surface area contributed by atoms with Gasteiger partial charge < -0.3 is 10.1 Å². The highest BCUT2D eigenvalue weighted by Crippen LogP contribution is 2.18. The molecule has 116 valence electrons. The van der Waals surface area contributed by atoms with E-state index in [1.807, 2.05) is 12.1 Å². The molecule has 6 heteroatoms. The van der Waals surface area contributed by atoms with E-state index in [9.17, 15) is 9.18 Å². The molecule has 1 heterocycles. The van der Waals surface area contributed by atoms with Gasteiger partial charge >= 0.3 is 0 Å². The predicted octanol–water partition coefficient (Wildman–Crippen LogP) is 2.71. The van der Waals surface area contributed by atoms with Gasteiger partial charge in [-0.15, -0.1) is 0 Å². The standard InChI is InChI=1S/C17H14FN3O2/c1-23-17-15(20-13-4-2-3-5-14(13)21-17)16(22)19-10-11-6-8-12(18)9-7-11/h2-9H,10H2,1H3,(H,19,22). The highest BCUT2D eigenvalue weighted by molar-refractivity contribution is 5.96. The number of amides is 1. The summed E-state index contributed by atoms with van der Waals surface area (Å²) in [6, 6.07) is 13.1. The molecule has 1 aromatic heterocycles. The molecule has 5 nitrogen and oxygen atoms in total. The van der Waals surface area contributed by atoms with Crippen LogP contribution in [0, 0.1) is 5.82 Å². The van der Waals surface area contributed by atoms with Crippen LogP contribution in [0.2, 0.25) is 0 Å². The highest BCUT2D eigenvalue weighted by atomic mass is 19.1. The SMILES string of the molecule is COc1nc2ccccc2nc1C(=O)NCc1ccc(F)cc1. The summed E-state index contributed by atoms with van der Waals surface area (Å²) < 4.78 is 18.0. The van der Waals surface area contributed by atoms with Crippen molar-refractivity contribution in [2.75, 3.05) is 7.11 Å². The maximum absolute atomic E-state index is 12.9. The minimum atomic E-state index is -0.399. The van der Waals surface area contributed by atoms with Crippen LogP contribution < -0.4 is 10.1 Å². The van der Waals surface area contributed by atoms with Crippen LogP contribution in [0.3, 0.4) is 0 Å². The highest BCUT2D eigenvalue weighted by Gasteiger charge is 2.16. The van der Waals surface area contributed by atoms with Crippen LogP contribution in [0.1, 0.15) is 16.1 Å². The van der Waals surface area contributed by atoms with Crippen LogP contribution >= 0.6 is 0 Å². The van der Waals surface area contributed by atoms with E-state index >= 15 is 0 Å². The monoisotopic (exact) mass is 311 g/mol. The molecule has 3 rings (SSSR count). The van der Waals surface area contributed by atoms with Gasteiger partial charge in [-0.2, -0.15) is 0 Å². The largest absolute Gasteiger partial charge is 0.479 e. The minimum absolute atomic E-state index is 0.119. The number of carbonyl (C=O) groups is 1. The molecule has 0 atom stereocenters. The molecule has 0 radical (unpaired) electrons. The number of methoxy groups -OCH3 is 1. The number of para-hydroxylation sites is 2. The molecule has 0 unspecified atom stereocenters. The van der Waals surface area contributed by atoms with Crippen LogP contribution in [-0.2, 0) is 6.54 Å². The number of benzene rings is 2. The van der Waals surface area contributed by atoms with Gasteiger partial charge in [0.1, 0.15) is 5.82 Å². The molecule has 2 aromatic carbocycles. The first-order valence-electron chi connectivity index (χ1n) is 7.01. The Kier molecular flexibility index (Phi) is 4.14. The third-order valence-corrected chi connectivity index (χ3v) is 3.31. The Morgan fingerprint density at radius 3 is 2.39 bits per heavy atom. The summed E-state index contributed by atoms with van der Waals surface area (Å²) in [6.45, 7) is 0.261. The summed E-state index contributed by atoms with van der Waals surface area (Å²) in [5.41, 5.74) is 2.17. The normalized spacial score (nSPS) is 10.5. The Hall–Kier alpha value is -3.02. The second kappa shape index (κ2) is 6.39. The molecule has 0 saturated carbocycles. The third kappa shape index (κ3) is 3.26. The van der Waals surface area contributed by atoms with Crippen molar-refractivity contribution >= 4 is 16.9 Å². The van der Waals surface area contributed by atoms with Crippen LogP contribution in [0.25, 0.3) is 11.0 Å². The molecule has 23 heavy (non-hydrogen) atoms. The predicted molar refractivity (Wildman–Crippen MR) is 83.7 cm³/mol. The summed E-state index contributed by atoms with van der Waals surface area (Å²) in [4.78, 5) is 20.9. The van der Waals surface area contributed by atoms with E-state index < -0.39 is 5.91 Å². The maximum atomic E-state index is 12.9. The maximum Gasteiger partial charge on any atom is 0.275 e. The summed E-state index contributed by atoms with van der Waals surface area (Å²) in [5.74, 6) is -0.549. The number of halogens is 1. The Labute approximate surface area is 132 Å². The number of nitrogens with zero attached hydrogens (tertiary/aromatic N) is 2. The van der Waals surface area contributed by atoms with E-state index in [1.54, 1.807) is 24.3 Å². The number of hydrogen-bond acceptors (Lipinski definition) is 4. The zero-order chi connectivity index (χ0) is 16.2. The summed E-state index contributed by atoms with van der Waals surface area (Å²) in [7, 11) is 1.44. The topological polar surface area (TPSA) is 64.1 Å². The number of nitrogens with one attached hydrogen (secondary N) is 1. The fourth-order valence-electron chi connectivity index (χ4n) is 2.14. The van der Waals surface area contributed by atoms with Crippen molar-refractivity contribution in [3.05, 3.63) is 65.6 Å². The molecule has 3 aromatic rings. The first-order valence-corrected chi connectivity index (χ1v) is 7.01. The Bertz CT molecular complexity index is 850. The molecule has 0 spiro atoms. The van der Waals surface area contributed by atoms with E-state index in [0.29, 0.717) is 11.0 Å². The fraction of sp³-hybridized carbons (Fsp3) is 0.118. The second-order valence-corrected chi connectivity index (χ2v) is 4.88. The van der Waals surface area contributed by atoms with Crippen LogP contribution in [-0.4, -0.2) is 23.0 Å². The number of rotatable bonds is 4. The molecule has 1 amide bonds. The molecular weight excluding hydrogens is 297 g/mol. The Balaban J connectivity index is 1.83. The quantitative estimate of drug-likeness (QED) is 0.804. The van der Waals surface area contributed by atoms with E-state index in [2.05, 4.69) is 15.3 Å². The van der Waals surface area contributed by atoms with Crippen molar-refractivity contribution in [1.29, 1.82) is 0 Å². The van der Waals surface area contributed by atoms with Crippen molar-refractivity contribution in [3.8, 4) is 5.88 Å². The van der Waals surface area contributed by atoms with E-state index in [-0.39, 0.29) is 23.9 Å². The number of ether oxygens (including phenoxy) is 1. The van der Waals surface area contributed by atoms with E-state index in [1.165, 1.54) is 19.2 Å². The van der Waals surface area contributed by atoms with Crippen LogP contribution in [0.15, 0.2) is 48.5 Å². The van der Waals surface area contributed by atoms with Gasteiger partial charge in [-0.25, -0.2) is 14.4 Å². The average molecular weight is 311 g/mol. The Morgan fingerprint density at radius 1 is 1.09 bits per heavy atom. The fourth-order valence-corrected chi connectivity index (χ4v) is 2.14. The first-order chi connectivity index (χ1) is 11.2. The van der Waals surface area contributed by atoms with Gasteiger partial charge in [0.15, 0.2) is 5.69 Å². The van der Waals surface area contributed by atoms with Gasteiger partial charge in [0.25, 0.3) is 5.91 Å². The summed E-state index contributed by atoms with van der Waals surface area (Å²) in [5, 5.41) is 2.73. The summed E-state index contributed by atoms with van der Waals surface area (Å²) in [6.07, 6.45) is 0. The molecule has 0 fully saturated rings. The average Bonchev–Trinajstić information content (AvgIpc) is 2.59. The van der Waals surface area contributed by atoms with Gasteiger partial charge in [0, 0.05) is 6.54 Å². The lowest BCUT2D eigenvalue weighted by Crippen LogP contribution is -2.24. The second-order valence-electron chi connectivity index (χ2n) is 4.88. The zero-order valence-corrected chi connectivity index (χ0v) is 12.4. The third-order valence-electron chi connectivity index (χ3n) is 3.31. The molecule has 0 saturated heterocycles. The van der Waals surface area contributed by atoms with Crippen molar-refractivity contribution in [3.63, 3.8) is 0 Å². The molecule has 0 aliphatic carbocycles. The minimum Gasteiger partial charge on any atom is -0.479 e. The van der Waals surface area contributed by atoms with Gasteiger partial charge in [0.05, 0.1) is 18.1 Å². The molecule has 1 N–H and O–H groups in total.